The predicted octanol–water partition coefficient (Wildman–Crippen LogP) is 18.5. The molecule has 6 heteroatoms. The van der Waals surface area contributed by atoms with Gasteiger partial charge in [0.25, 0.3) is 0 Å². The van der Waals surface area contributed by atoms with E-state index in [-0.39, 0.29) is 31.1 Å². The molecule has 1 atom stereocenters. The fraction of sp³-hybridized carbons (Fsp3) is 0.912. The number of esters is 3. The SMILES string of the molecule is CCCCCCCC/C=C\CCCCCCCCCCCC(=O)OCC(COC(=O)CCCCCCCCCCCCCCC)OC(=O)CCCCCCCCCCCCCCC. The molecule has 0 rings (SSSR count). The zero-order chi connectivity index (χ0) is 45.8. The molecule has 0 aromatic carbocycles. The maximum atomic E-state index is 12.8. The van der Waals surface area contributed by atoms with Crippen LogP contribution in [0.25, 0.3) is 0 Å². The van der Waals surface area contributed by atoms with Crippen molar-refractivity contribution in [3.8, 4) is 0 Å². The van der Waals surface area contributed by atoms with E-state index in [0.717, 1.165) is 57.8 Å². The summed E-state index contributed by atoms with van der Waals surface area (Å²) in [5.41, 5.74) is 0. The molecule has 0 spiro atoms. The van der Waals surface area contributed by atoms with E-state index in [1.165, 1.54) is 218 Å². The molecule has 0 amide bonds. The van der Waals surface area contributed by atoms with Crippen molar-refractivity contribution in [2.24, 2.45) is 0 Å². The molecular formula is C57H108O6. The van der Waals surface area contributed by atoms with E-state index in [1.807, 2.05) is 0 Å². The van der Waals surface area contributed by atoms with Crippen LogP contribution < -0.4 is 0 Å². The summed E-state index contributed by atoms with van der Waals surface area (Å²) >= 11 is 0. The molecule has 0 saturated heterocycles. The van der Waals surface area contributed by atoms with Gasteiger partial charge in [-0.05, 0) is 44.9 Å². The Morgan fingerprint density at radius 2 is 0.524 bits per heavy atom. The first-order valence-corrected chi connectivity index (χ1v) is 28.2. The fourth-order valence-corrected chi connectivity index (χ4v) is 8.50. The molecule has 0 aromatic heterocycles. The van der Waals surface area contributed by atoms with Crippen molar-refractivity contribution in [3.05, 3.63) is 12.2 Å². The lowest BCUT2D eigenvalue weighted by Gasteiger charge is -2.18. The highest BCUT2D eigenvalue weighted by atomic mass is 16.6. The van der Waals surface area contributed by atoms with E-state index >= 15 is 0 Å². The number of hydrogen-bond donors (Lipinski definition) is 0. The molecule has 6 nitrogen and oxygen atoms in total. The van der Waals surface area contributed by atoms with Crippen LogP contribution in [0.3, 0.4) is 0 Å². The first kappa shape index (κ1) is 61.1. The number of carbonyl (C=O) groups excluding carboxylic acids is 3. The van der Waals surface area contributed by atoms with Crippen LogP contribution in [0, 0.1) is 0 Å². The second-order valence-electron chi connectivity index (χ2n) is 19.2. The van der Waals surface area contributed by atoms with E-state index in [0.29, 0.717) is 19.3 Å². The average Bonchev–Trinajstić information content (AvgIpc) is 3.28. The van der Waals surface area contributed by atoms with Gasteiger partial charge in [-0.25, -0.2) is 0 Å². The second kappa shape index (κ2) is 52.8. The number of ether oxygens (including phenoxy) is 3. The van der Waals surface area contributed by atoms with Crippen molar-refractivity contribution in [2.75, 3.05) is 13.2 Å². The Kier molecular flexibility index (Phi) is 51.2. The predicted molar refractivity (Wildman–Crippen MR) is 270 cm³/mol. The van der Waals surface area contributed by atoms with Crippen LogP contribution in [0.15, 0.2) is 12.2 Å². The number of rotatable bonds is 52. The van der Waals surface area contributed by atoms with Crippen molar-refractivity contribution >= 4 is 17.9 Å². The zero-order valence-electron chi connectivity index (χ0n) is 42.6. The van der Waals surface area contributed by atoms with Gasteiger partial charge in [-0.15, -0.1) is 0 Å². The van der Waals surface area contributed by atoms with Gasteiger partial charge in [-0.3, -0.25) is 14.4 Å². The van der Waals surface area contributed by atoms with Gasteiger partial charge in [-0.1, -0.05) is 264 Å². The van der Waals surface area contributed by atoms with Crippen LogP contribution in [-0.2, 0) is 28.6 Å². The highest BCUT2D eigenvalue weighted by molar-refractivity contribution is 5.71. The molecule has 0 fully saturated rings. The number of allylic oxidation sites excluding steroid dienone is 2. The molecule has 0 heterocycles. The molecular weight excluding hydrogens is 781 g/mol. The minimum atomic E-state index is -0.764. The summed E-state index contributed by atoms with van der Waals surface area (Å²) in [4.78, 5) is 38.1. The van der Waals surface area contributed by atoms with Gasteiger partial charge < -0.3 is 14.2 Å². The monoisotopic (exact) mass is 889 g/mol. The van der Waals surface area contributed by atoms with Crippen molar-refractivity contribution in [3.63, 3.8) is 0 Å². The molecule has 0 bridgehead atoms. The smallest absolute Gasteiger partial charge is 0.306 e. The molecule has 0 radical (unpaired) electrons. The Bertz CT molecular complexity index is 978. The summed E-state index contributed by atoms with van der Waals surface area (Å²) in [6.07, 6.45) is 59.1. The maximum Gasteiger partial charge on any atom is 0.306 e. The van der Waals surface area contributed by atoms with E-state index in [9.17, 15) is 14.4 Å². The van der Waals surface area contributed by atoms with Crippen molar-refractivity contribution < 1.29 is 28.6 Å². The molecule has 0 saturated carbocycles. The van der Waals surface area contributed by atoms with Gasteiger partial charge in [0, 0.05) is 19.3 Å². The minimum absolute atomic E-state index is 0.0646. The zero-order valence-corrected chi connectivity index (χ0v) is 42.6. The van der Waals surface area contributed by atoms with Crippen molar-refractivity contribution in [1.82, 2.24) is 0 Å². The molecule has 0 aromatic rings. The van der Waals surface area contributed by atoms with Crippen LogP contribution >= 0.6 is 0 Å². The van der Waals surface area contributed by atoms with Crippen LogP contribution in [0.4, 0.5) is 0 Å². The van der Waals surface area contributed by atoms with Gasteiger partial charge in [-0.2, -0.15) is 0 Å². The fourth-order valence-electron chi connectivity index (χ4n) is 8.50. The Morgan fingerprint density at radius 1 is 0.302 bits per heavy atom. The average molecular weight is 889 g/mol. The highest BCUT2D eigenvalue weighted by Gasteiger charge is 2.19. The van der Waals surface area contributed by atoms with Gasteiger partial charge in [0.2, 0.25) is 0 Å². The van der Waals surface area contributed by atoms with Crippen LogP contribution in [0.2, 0.25) is 0 Å². The summed E-state index contributed by atoms with van der Waals surface area (Å²) in [5.74, 6) is -0.845. The Labute approximate surface area is 392 Å². The normalized spacial score (nSPS) is 12.0. The van der Waals surface area contributed by atoms with Crippen LogP contribution in [-0.4, -0.2) is 37.2 Å². The van der Waals surface area contributed by atoms with Gasteiger partial charge >= 0.3 is 17.9 Å². The summed E-state index contributed by atoms with van der Waals surface area (Å²) in [5, 5.41) is 0. The topological polar surface area (TPSA) is 78.9 Å². The van der Waals surface area contributed by atoms with E-state index in [2.05, 4.69) is 32.9 Å². The van der Waals surface area contributed by atoms with Crippen LogP contribution in [0.1, 0.15) is 316 Å². The standard InChI is InChI=1S/C57H108O6/c1-4-7-10-13-16-19-22-25-26-27-28-29-30-33-35-38-41-44-47-50-56(59)62-53-54(63-57(60)51-48-45-42-39-36-32-24-21-18-15-12-9-6-3)52-61-55(58)49-46-43-40-37-34-31-23-20-17-14-11-8-5-2/h25-26,54H,4-24,27-53H2,1-3H3/b26-25-. The largest absolute Gasteiger partial charge is 0.462 e. The minimum Gasteiger partial charge on any atom is -0.462 e. The summed E-state index contributed by atoms with van der Waals surface area (Å²) in [6.45, 7) is 6.68. The first-order valence-electron chi connectivity index (χ1n) is 28.2. The lowest BCUT2D eigenvalue weighted by molar-refractivity contribution is -0.167. The Hall–Kier alpha value is -1.85. The molecule has 0 N–H and O–H groups in total. The second-order valence-corrected chi connectivity index (χ2v) is 19.2. The lowest BCUT2D eigenvalue weighted by atomic mass is 10.0. The van der Waals surface area contributed by atoms with Gasteiger partial charge in [0.05, 0.1) is 0 Å². The Balaban J connectivity index is 4.28. The maximum absolute atomic E-state index is 12.8. The lowest BCUT2D eigenvalue weighted by Crippen LogP contribution is -2.30. The number of unbranched alkanes of at least 4 members (excludes halogenated alkanes) is 39. The summed E-state index contributed by atoms with van der Waals surface area (Å²) in [7, 11) is 0. The van der Waals surface area contributed by atoms with Crippen molar-refractivity contribution in [1.29, 1.82) is 0 Å². The highest BCUT2D eigenvalue weighted by Crippen LogP contribution is 2.17. The van der Waals surface area contributed by atoms with E-state index in [4.69, 9.17) is 14.2 Å². The van der Waals surface area contributed by atoms with Crippen molar-refractivity contribution in [2.45, 2.75) is 322 Å². The molecule has 63 heavy (non-hydrogen) atoms. The van der Waals surface area contributed by atoms with E-state index in [1.54, 1.807) is 0 Å². The number of carbonyl (C=O) groups is 3. The third-order valence-electron chi connectivity index (χ3n) is 12.8. The third-order valence-corrected chi connectivity index (χ3v) is 12.8. The summed E-state index contributed by atoms with van der Waals surface area (Å²) in [6, 6.07) is 0. The molecule has 0 aliphatic rings. The Morgan fingerprint density at radius 3 is 0.794 bits per heavy atom. The molecule has 0 aliphatic carbocycles. The van der Waals surface area contributed by atoms with Crippen LogP contribution in [0.5, 0.6) is 0 Å². The number of hydrogen-bond acceptors (Lipinski definition) is 6. The molecule has 1 unspecified atom stereocenters. The summed E-state index contributed by atoms with van der Waals surface area (Å²) < 4.78 is 16.9. The third kappa shape index (κ3) is 51.0. The molecule has 372 valence electrons. The quantitative estimate of drug-likeness (QED) is 0.0262. The molecule has 0 aliphatic heterocycles. The van der Waals surface area contributed by atoms with Gasteiger partial charge in [0.1, 0.15) is 13.2 Å². The first-order chi connectivity index (χ1) is 31.0. The van der Waals surface area contributed by atoms with E-state index < -0.39 is 6.10 Å². The van der Waals surface area contributed by atoms with Gasteiger partial charge in [0.15, 0.2) is 6.10 Å².